The number of carbonyl (C=O) groups is 3. The van der Waals surface area contributed by atoms with E-state index < -0.39 is 73.5 Å². The van der Waals surface area contributed by atoms with Crippen molar-refractivity contribution in [2.45, 2.75) is 76.9 Å². The Morgan fingerprint density at radius 2 is 2.09 bits per heavy atom. The lowest BCUT2D eigenvalue weighted by molar-refractivity contribution is -0.149. The van der Waals surface area contributed by atoms with Gasteiger partial charge in [0, 0.05) is 5.75 Å². The largest absolute Gasteiger partial charge is 0.476 e. The molecule has 17 nitrogen and oxygen atoms in total. The molecule has 20 heteroatoms. The highest BCUT2D eigenvalue weighted by molar-refractivity contribution is 8.56. The summed E-state index contributed by atoms with van der Waals surface area (Å²) >= 11 is 0.632. The fraction of sp³-hybridized carbons (Fsp3) is 0.652. The van der Waals surface area contributed by atoms with Crippen molar-refractivity contribution in [1.82, 2.24) is 35.2 Å². The molecular formula is C23H34FN8O9PS. The zero-order valence-corrected chi connectivity index (χ0v) is 25.7. The highest BCUT2D eigenvalue weighted by atomic mass is 32.7. The average Bonchev–Trinajstić information content (AvgIpc) is 3.54. The van der Waals surface area contributed by atoms with Gasteiger partial charge in [-0.1, -0.05) is 11.4 Å². The Morgan fingerprint density at radius 1 is 1.37 bits per heavy atom. The molecule has 238 valence electrons. The van der Waals surface area contributed by atoms with E-state index in [1.54, 1.807) is 20.8 Å². The lowest BCUT2D eigenvalue weighted by Gasteiger charge is -2.25. The van der Waals surface area contributed by atoms with Crippen LogP contribution in [0.1, 0.15) is 40.8 Å². The van der Waals surface area contributed by atoms with Crippen molar-refractivity contribution in [2.75, 3.05) is 24.7 Å². The molecule has 43 heavy (non-hydrogen) atoms. The number of hydrogen-bond acceptors (Lipinski definition) is 14. The molecule has 4 heterocycles. The fourth-order valence-electron chi connectivity index (χ4n) is 4.32. The summed E-state index contributed by atoms with van der Waals surface area (Å²) in [4.78, 5) is 48.2. The smallest absolute Gasteiger partial charge is 0.327 e. The second kappa shape index (κ2) is 12.9. The van der Waals surface area contributed by atoms with Crippen LogP contribution in [0, 0.1) is 0 Å². The molecule has 2 aromatic heterocycles. The number of aliphatic hydroxyl groups excluding tert-OH is 1. The normalized spacial score (nSPS) is 27.6. The number of esters is 1. The number of nitrogen functional groups attached to an aromatic ring is 1. The molecule has 2 aromatic rings. The van der Waals surface area contributed by atoms with Crippen LogP contribution in [-0.2, 0) is 28.2 Å². The number of alkyl halides is 1. The predicted octanol–water partition coefficient (Wildman–Crippen LogP) is 0.789. The van der Waals surface area contributed by atoms with Gasteiger partial charge in [0.2, 0.25) is 11.8 Å². The summed E-state index contributed by atoms with van der Waals surface area (Å²) < 4.78 is 53.3. The van der Waals surface area contributed by atoms with Gasteiger partial charge in [-0.05, 0) is 34.6 Å². The molecule has 2 unspecified atom stereocenters. The van der Waals surface area contributed by atoms with Gasteiger partial charge in [-0.2, -0.15) is 9.97 Å². The van der Waals surface area contributed by atoms with E-state index in [1.165, 1.54) is 17.8 Å². The SMILES string of the molecule is CCOc1nc(N)nc2c1ncn2[C@@H]1O[C@H](COP(=O)(N[C@H](C)C(=O)OC(C)C)SCC2NC(=O)NC2=O)[C@@H](O)[C@@]1(C)F. The van der Waals surface area contributed by atoms with Gasteiger partial charge in [0.15, 0.2) is 23.1 Å². The summed E-state index contributed by atoms with van der Waals surface area (Å²) in [6, 6.07) is -2.86. The summed E-state index contributed by atoms with van der Waals surface area (Å²) in [5.74, 6) is -1.62. The molecule has 0 radical (unpaired) electrons. The topological polar surface area (TPSA) is 231 Å². The first-order valence-corrected chi connectivity index (χ1v) is 16.5. The van der Waals surface area contributed by atoms with Crippen molar-refractivity contribution in [2.24, 2.45) is 0 Å². The minimum atomic E-state index is -4.08. The highest BCUT2D eigenvalue weighted by Gasteiger charge is 2.56. The van der Waals surface area contributed by atoms with Crippen LogP contribution in [0.15, 0.2) is 6.33 Å². The molecule has 2 saturated heterocycles. The number of imidazole rings is 1. The zero-order chi connectivity index (χ0) is 31.7. The number of amides is 3. The Hall–Kier alpha value is -3.09. The molecule has 0 aliphatic carbocycles. The third-order valence-corrected chi connectivity index (χ3v) is 10.5. The third-order valence-electron chi connectivity index (χ3n) is 6.39. The second-order valence-electron chi connectivity index (χ2n) is 10.2. The molecule has 4 rings (SSSR count). The van der Waals surface area contributed by atoms with Crippen LogP contribution in [0.4, 0.5) is 15.1 Å². The van der Waals surface area contributed by atoms with Crippen molar-refractivity contribution < 1.29 is 47.2 Å². The lowest BCUT2D eigenvalue weighted by Crippen LogP contribution is -2.41. The number of nitrogens with one attached hydrogen (secondary N) is 3. The zero-order valence-electron chi connectivity index (χ0n) is 24.0. The van der Waals surface area contributed by atoms with Crippen LogP contribution in [0.25, 0.3) is 11.2 Å². The van der Waals surface area contributed by atoms with E-state index in [1.807, 2.05) is 0 Å². The number of aromatic nitrogens is 4. The summed E-state index contributed by atoms with van der Waals surface area (Å²) in [5, 5.41) is 17.9. The number of fused-ring (bicyclic) bond motifs is 1. The van der Waals surface area contributed by atoms with Crippen molar-refractivity contribution >= 4 is 53.1 Å². The first-order chi connectivity index (χ1) is 20.1. The van der Waals surface area contributed by atoms with Crippen LogP contribution >= 0.6 is 18.1 Å². The first-order valence-electron chi connectivity index (χ1n) is 13.3. The number of hydrogen-bond donors (Lipinski definition) is 5. The van der Waals surface area contributed by atoms with Gasteiger partial charge in [-0.15, -0.1) is 0 Å². The van der Waals surface area contributed by atoms with Crippen molar-refractivity contribution in [1.29, 1.82) is 0 Å². The summed E-state index contributed by atoms with van der Waals surface area (Å²) in [7, 11) is 0. The van der Waals surface area contributed by atoms with Gasteiger partial charge in [0.05, 0.1) is 25.6 Å². The van der Waals surface area contributed by atoms with E-state index in [9.17, 15) is 24.1 Å². The van der Waals surface area contributed by atoms with Crippen LogP contribution in [0.5, 0.6) is 5.88 Å². The Morgan fingerprint density at radius 3 is 2.72 bits per heavy atom. The van der Waals surface area contributed by atoms with Gasteiger partial charge >= 0.3 is 18.7 Å². The number of halogens is 1. The van der Waals surface area contributed by atoms with Gasteiger partial charge in [0.1, 0.15) is 24.3 Å². The van der Waals surface area contributed by atoms with Gasteiger partial charge in [-0.3, -0.25) is 24.0 Å². The molecule has 2 aliphatic heterocycles. The number of urea groups is 1. The monoisotopic (exact) mass is 648 g/mol. The minimum Gasteiger partial charge on any atom is -0.476 e. The van der Waals surface area contributed by atoms with E-state index >= 15 is 4.39 Å². The standard InChI is InChI=1S/C23H34FN8O9PS/c1-6-38-18-14-16(28-21(25)30-18)32(9-26-14)20-23(5,24)15(33)13(41-20)7-39-42(37,31-11(4)19(35)40-10(2)3)43-8-12-17(34)29-22(36)27-12/h9-13,15,20,33H,6-8H2,1-5H3,(H,31,37)(H2,25,28,30)(H2,27,29,34,36)/t11-,12?,13-,15-,20-,23-,42?/m1/s1. The Bertz CT molecular complexity index is 1430. The van der Waals surface area contributed by atoms with Crippen LogP contribution < -0.4 is 26.2 Å². The predicted molar refractivity (Wildman–Crippen MR) is 151 cm³/mol. The Balaban J connectivity index is 1.53. The fourth-order valence-corrected chi connectivity index (χ4v) is 8.19. The van der Waals surface area contributed by atoms with Gasteiger partial charge < -0.3 is 34.9 Å². The molecule has 0 aromatic carbocycles. The molecule has 2 fully saturated rings. The van der Waals surface area contributed by atoms with Gasteiger partial charge in [0.25, 0.3) is 5.91 Å². The lowest BCUT2D eigenvalue weighted by atomic mass is 9.98. The number of ether oxygens (including phenoxy) is 3. The molecule has 6 N–H and O–H groups in total. The van der Waals surface area contributed by atoms with Crippen LogP contribution in [0.2, 0.25) is 0 Å². The molecule has 7 atom stereocenters. The van der Waals surface area contributed by atoms with Crippen molar-refractivity contribution in [3.05, 3.63) is 6.33 Å². The number of anilines is 1. The molecular weight excluding hydrogens is 614 g/mol. The van der Waals surface area contributed by atoms with Crippen LogP contribution in [0.3, 0.4) is 0 Å². The second-order valence-corrected chi connectivity index (χ2v) is 14.5. The maximum absolute atomic E-state index is 16.0. The van der Waals surface area contributed by atoms with E-state index in [0.29, 0.717) is 11.4 Å². The van der Waals surface area contributed by atoms with E-state index in [-0.39, 0.29) is 35.4 Å². The summed E-state index contributed by atoms with van der Waals surface area (Å²) in [6.07, 6.45) is -3.81. The Kier molecular flexibility index (Phi) is 9.82. The van der Waals surface area contributed by atoms with E-state index in [2.05, 4.69) is 30.7 Å². The molecule has 0 bridgehead atoms. The molecule has 0 saturated carbocycles. The van der Waals surface area contributed by atoms with Crippen LogP contribution in [-0.4, -0.2) is 97.6 Å². The number of imide groups is 1. The average molecular weight is 649 g/mol. The Labute approximate surface area is 249 Å². The summed E-state index contributed by atoms with van der Waals surface area (Å²) in [5.41, 5.74) is 3.68. The maximum atomic E-state index is 16.0. The van der Waals surface area contributed by atoms with Crippen molar-refractivity contribution in [3.63, 3.8) is 0 Å². The third kappa shape index (κ3) is 7.18. The number of nitrogens with zero attached hydrogens (tertiary/aromatic N) is 4. The quantitative estimate of drug-likeness (QED) is 0.115. The van der Waals surface area contributed by atoms with Gasteiger partial charge in [-0.25, -0.2) is 19.3 Å². The summed E-state index contributed by atoms with van der Waals surface area (Å²) in [6.45, 7) is 3.10. The van der Waals surface area contributed by atoms with E-state index in [4.69, 9.17) is 24.5 Å². The minimum absolute atomic E-state index is 0.0871. The molecule has 2 aliphatic rings. The van der Waals surface area contributed by atoms with Crippen molar-refractivity contribution in [3.8, 4) is 5.88 Å². The molecule has 3 amide bonds. The first kappa shape index (κ1) is 32.8. The molecule has 0 spiro atoms. The number of nitrogens with two attached hydrogens (primary N) is 1. The highest BCUT2D eigenvalue weighted by Crippen LogP contribution is 2.57. The number of aliphatic hydroxyl groups is 1. The maximum Gasteiger partial charge on any atom is 0.327 e. The van der Waals surface area contributed by atoms with E-state index in [0.717, 1.165) is 6.92 Å². The number of carbonyl (C=O) groups excluding carboxylic acids is 3. The number of rotatable bonds is 13.